The van der Waals surface area contributed by atoms with E-state index < -0.39 is 4.92 Å². The van der Waals surface area contributed by atoms with Gasteiger partial charge in [0.25, 0.3) is 11.6 Å². The van der Waals surface area contributed by atoms with Crippen LogP contribution in [0.4, 0.5) is 11.4 Å². The number of hydrogen-bond donors (Lipinski definition) is 1. The molecule has 0 saturated heterocycles. The molecule has 0 aliphatic rings. The van der Waals surface area contributed by atoms with Gasteiger partial charge in [-0.15, -0.1) is 0 Å². The number of nitro benzene ring substituents is 1. The molecule has 0 saturated carbocycles. The number of hydrogen-bond acceptors (Lipinski definition) is 8. The predicted octanol–water partition coefficient (Wildman–Crippen LogP) is 3.66. The number of non-ortho nitro benzene ring substituents is 1. The maximum absolute atomic E-state index is 13.4. The summed E-state index contributed by atoms with van der Waals surface area (Å²) in [6.07, 6.45) is 1.43. The highest BCUT2D eigenvalue weighted by Gasteiger charge is 2.24. The number of fused-ring (bicyclic) bond motifs is 1. The maximum atomic E-state index is 13.4. The summed E-state index contributed by atoms with van der Waals surface area (Å²) in [7, 11) is 6.77. The summed E-state index contributed by atoms with van der Waals surface area (Å²) in [5.41, 5.74) is 1.23. The van der Waals surface area contributed by atoms with Gasteiger partial charge in [0.05, 0.1) is 42.1 Å². The minimum absolute atomic E-state index is 0.0871. The molecule has 1 heterocycles. The SMILES string of the molecule is CCN(C(=O)c1cc(OC)c(OC)cc1I)c1cnnc2ccc([N+](=O)[O-])cc12.CNC. The van der Waals surface area contributed by atoms with Gasteiger partial charge in [0.15, 0.2) is 11.5 Å². The van der Waals surface area contributed by atoms with Gasteiger partial charge in [-0.2, -0.15) is 10.2 Å². The number of halogens is 1. The van der Waals surface area contributed by atoms with Crippen LogP contribution in [0.3, 0.4) is 0 Å². The Morgan fingerprint density at radius 1 is 1.19 bits per heavy atom. The summed E-state index contributed by atoms with van der Waals surface area (Å²) >= 11 is 2.06. The number of carbonyl (C=O) groups is 1. The van der Waals surface area contributed by atoms with Crippen molar-refractivity contribution in [3.05, 3.63) is 55.8 Å². The number of amides is 1. The molecule has 1 amide bonds. The Labute approximate surface area is 199 Å². The minimum atomic E-state index is -0.487. The Morgan fingerprint density at radius 3 is 2.38 bits per heavy atom. The predicted molar refractivity (Wildman–Crippen MR) is 131 cm³/mol. The number of nitrogens with one attached hydrogen (secondary N) is 1. The van der Waals surface area contributed by atoms with Gasteiger partial charge in [-0.1, -0.05) is 0 Å². The monoisotopic (exact) mass is 553 g/mol. The van der Waals surface area contributed by atoms with Crippen molar-refractivity contribution in [1.82, 2.24) is 15.5 Å². The summed E-state index contributed by atoms with van der Waals surface area (Å²) in [6, 6.07) is 7.60. The number of carbonyl (C=O) groups excluding carboxylic acids is 1. The fraction of sp³-hybridized carbons (Fsp3) is 0.286. The van der Waals surface area contributed by atoms with Crippen LogP contribution >= 0.6 is 22.6 Å². The third kappa shape index (κ3) is 5.40. The van der Waals surface area contributed by atoms with E-state index in [1.165, 1.54) is 43.5 Å². The molecule has 1 N–H and O–H groups in total. The van der Waals surface area contributed by atoms with E-state index in [1.54, 1.807) is 12.1 Å². The molecule has 1 aromatic heterocycles. The van der Waals surface area contributed by atoms with E-state index in [9.17, 15) is 14.9 Å². The first-order valence-electron chi connectivity index (χ1n) is 9.54. The molecule has 0 aliphatic heterocycles. The lowest BCUT2D eigenvalue weighted by Gasteiger charge is -2.23. The van der Waals surface area contributed by atoms with Gasteiger partial charge in [0.2, 0.25) is 0 Å². The van der Waals surface area contributed by atoms with E-state index in [2.05, 4.69) is 38.1 Å². The number of aromatic nitrogens is 2. The maximum Gasteiger partial charge on any atom is 0.270 e. The minimum Gasteiger partial charge on any atom is -0.493 e. The van der Waals surface area contributed by atoms with E-state index in [4.69, 9.17) is 9.47 Å². The summed E-state index contributed by atoms with van der Waals surface area (Å²) in [4.78, 5) is 25.6. The van der Waals surface area contributed by atoms with Crippen molar-refractivity contribution in [3.63, 3.8) is 0 Å². The lowest BCUT2D eigenvalue weighted by molar-refractivity contribution is -0.384. The van der Waals surface area contributed by atoms with Crippen LogP contribution in [0.25, 0.3) is 10.9 Å². The quantitative estimate of drug-likeness (QED) is 0.279. The van der Waals surface area contributed by atoms with Crippen LogP contribution in [0.5, 0.6) is 11.5 Å². The molecule has 32 heavy (non-hydrogen) atoms. The molecule has 0 radical (unpaired) electrons. The van der Waals surface area contributed by atoms with E-state index in [0.717, 1.165) is 0 Å². The van der Waals surface area contributed by atoms with Crippen molar-refractivity contribution in [2.75, 3.05) is 39.8 Å². The number of rotatable bonds is 6. The molecule has 0 unspecified atom stereocenters. The fourth-order valence-electron chi connectivity index (χ4n) is 2.95. The molecule has 0 aliphatic carbocycles. The fourth-order valence-corrected chi connectivity index (χ4v) is 3.62. The molecular formula is C21H24IN5O5. The van der Waals surface area contributed by atoms with Gasteiger partial charge >= 0.3 is 0 Å². The van der Waals surface area contributed by atoms with E-state index in [0.29, 0.717) is 43.8 Å². The van der Waals surface area contributed by atoms with Crippen LogP contribution < -0.4 is 19.7 Å². The van der Waals surface area contributed by atoms with Gasteiger partial charge in [-0.05, 0) is 61.8 Å². The zero-order valence-corrected chi connectivity index (χ0v) is 20.5. The Balaban J connectivity index is 0.00000114. The molecule has 3 aromatic rings. The number of ether oxygens (including phenoxy) is 2. The van der Waals surface area contributed by atoms with Gasteiger partial charge in [-0.3, -0.25) is 14.9 Å². The molecule has 3 rings (SSSR count). The average Bonchev–Trinajstić information content (AvgIpc) is 2.79. The number of nitrogens with zero attached hydrogens (tertiary/aromatic N) is 4. The Bertz CT molecular complexity index is 1130. The van der Waals surface area contributed by atoms with Crippen molar-refractivity contribution in [3.8, 4) is 11.5 Å². The number of anilines is 1. The summed E-state index contributed by atoms with van der Waals surface area (Å²) in [6.45, 7) is 2.14. The lowest BCUT2D eigenvalue weighted by Crippen LogP contribution is -2.31. The molecule has 0 atom stereocenters. The highest BCUT2D eigenvalue weighted by Crippen LogP contribution is 2.34. The van der Waals surface area contributed by atoms with Gasteiger partial charge in [0, 0.05) is 27.6 Å². The largest absolute Gasteiger partial charge is 0.493 e. The van der Waals surface area contributed by atoms with E-state index >= 15 is 0 Å². The third-order valence-corrected chi connectivity index (χ3v) is 5.26. The summed E-state index contributed by atoms with van der Waals surface area (Å²) in [5, 5.41) is 22.4. The first-order valence-corrected chi connectivity index (χ1v) is 10.6. The van der Waals surface area contributed by atoms with Crippen LogP contribution in [0.2, 0.25) is 0 Å². The first kappa shape index (κ1) is 25.2. The highest BCUT2D eigenvalue weighted by atomic mass is 127. The second-order valence-corrected chi connectivity index (χ2v) is 7.59. The Kier molecular flexibility index (Phi) is 9.08. The van der Waals surface area contributed by atoms with E-state index in [1.807, 2.05) is 21.0 Å². The van der Waals surface area contributed by atoms with Crippen LogP contribution in [0.1, 0.15) is 17.3 Å². The number of nitro groups is 1. The third-order valence-electron chi connectivity index (χ3n) is 4.37. The summed E-state index contributed by atoms with van der Waals surface area (Å²) < 4.78 is 11.3. The van der Waals surface area contributed by atoms with Crippen LogP contribution in [-0.4, -0.2) is 55.9 Å². The van der Waals surface area contributed by atoms with Gasteiger partial charge in [-0.25, -0.2) is 0 Å². The van der Waals surface area contributed by atoms with Crippen LogP contribution in [-0.2, 0) is 0 Å². The number of benzene rings is 2. The van der Waals surface area contributed by atoms with Gasteiger partial charge in [0.1, 0.15) is 0 Å². The first-order chi connectivity index (χ1) is 15.3. The lowest BCUT2D eigenvalue weighted by atomic mass is 10.1. The molecule has 0 fully saturated rings. The van der Waals surface area contributed by atoms with Crippen molar-refractivity contribution in [1.29, 1.82) is 0 Å². The van der Waals surface area contributed by atoms with Crippen molar-refractivity contribution < 1.29 is 19.2 Å². The molecule has 10 nitrogen and oxygen atoms in total. The molecule has 11 heteroatoms. The average molecular weight is 553 g/mol. The van der Waals surface area contributed by atoms with Crippen LogP contribution in [0, 0.1) is 13.7 Å². The van der Waals surface area contributed by atoms with Crippen molar-refractivity contribution in [2.24, 2.45) is 0 Å². The summed E-state index contributed by atoms with van der Waals surface area (Å²) in [5.74, 6) is 0.655. The molecule has 2 aromatic carbocycles. The Morgan fingerprint density at radius 2 is 1.81 bits per heavy atom. The standard InChI is InChI=1S/C19H17IN4O5.C2H7N/c1-4-23(19(25)12-8-17(28-2)18(29-3)9-14(12)20)16-10-21-22-15-6-5-11(24(26)27)7-13(15)16;1-3-2/h5-10H,4H2,1-3H3;3H,1-2H3. The zero-order chi connectivity index (χ0) is 23.8. The molecule has 170 valence electrons. The van der Waals surface area contributed by atoms with Crippen LogP contribution in [0.15, 0.2) is 36.5 Å². The zero-order valence-electron chi connectivity index (χ0n) is 18.4. The second kappa shape index (κ2) is 11.5. The highest BCUT2D eigenvalue weighted by molar-refractivity contribution is 14.1. The molecule has 0 bridgehead atoms. The second-order valence-electron chi connectivity index (χ2n) is 6.42. The Hall–Kier alpha value is -3.06. The topological polar surface area (TPSA) is 120 Å². The van der Waals surface area contributed by atoms with Crippen molar-refractivity contribution in [2.45, 2.75) is 6.92 Å². The normalized spacial score (nSPS) is 10.2. The van der Waals surface area contributed by atoms with Gasteiger partial charge < -0.3 is 19.7 Å². The smallest absolute Gasteiger partial charge is 0.270 e. The number of methoxy groups -OCH3 is 2. The van der Waals surface area contributed by atoms with E-state index in [-0.39, 0.29) is 11.6 Å². The van der Waals surface area contributed by atoms with Crippen molar-refractivity contribution >= 4 is 50.8 Å². The molecular weight excluding hydrogens is 529 g/mol. The molecule has 0 spiro atoms.